The fourth-order valence-corrected chi connectivity index (χ4v) is 4.34. The predicted octanol–water partition coefficient (Wildman–Crippen LogP) is 6.66. The minimum absolute atomic E-state index is 0.171. The third-order valence-corrected chi connectivity index (χ3v) is 6.05. The van der Waals surface area contributed by atoms with Gasteiger partial charge in [-0.2, -0.15) is 0 Å². The van der Waals surface area contributed by atoms with Crippen LogP contribution >= 0.6 is 47.2 Å². The summed E-state index contributed by atoms with van der Waals surface area (Å²) in [5, 5.41) is 0.881. The fourth-order valence-electron chi connectivity index (χ4n) is 2.67. The minimum atomic E-state index is -0.171. The van der Waals surface area contributed by atoms with Crippen molar-refractivity contribution in [3.63, 3.8) is 0 Å². The van der Waals surface area contributed by atoms with Gasteiger partial charge in [0.05, 0.1) is 20.6 Å². The Morgan fingerprint density at radius 2 is 1.78 bits per heavy atom. The van der Waals surface area contributed by atoms with Crippen molar-refractivity contribution >= 4 is 69.2 Å². The second kappa shape index (κ2) is 7.52. The van der Waals surface area contributed by atoms with Crippen LogP contribution in [0.25, 0.3) is 17.4 Å². The first-order valence-electron chi connectivity index (χ1n) is 7.92. The largest absolute Gasteiger partial charge is 0.457 e. The van der Waals surface area contributed by atoms with E-state index in [1.807, 2.05) is 36.4 Å². The summed E-state index contributed by atoms with van der Waals surface area (Å²) in [6.45, 7) is 0. The maximum absolute atomic E-state index is 12.8. The highest BCUT2D eigenvalue weighted by atomic mass is 35.5. The quantitative estimate of drug-likeness (QED) is 0.342. The molecule has 0 bridgehead atoms. The van der Waals surface area contributed by atoms with Crippen molar-refractivity contribution in [2.45, 2.75) is 0 Å². The number of amides is 1. The molecule has 0 unspecified atom stereocenters. The van der Waals surface area contributed by atoms with Gasteiger partial charge in [-0.25, -0.2) is 0 Å². The number of benzene rings is 2. The summed E-state index contributed by atoms with van der Waals surface area (Å²) < 4.78 is 6.33. The second-order valence-corrected chi connectivity index (χ2v) is 8.12. The van der Waals surface area contributed by atoms with Gasteiger partial charge in [0.1, 0.15) is 11.5 Å². The molecule has 2 heterocycles. The number of anilines is 1. The van der Waals surface area contributed by atoms with Gasteiger partial charge in [0.2, 0.25) is 0 Å². The molecule has 0 spiro atoms. The van der Waals surface area contributed by atoms with Gasteiger partial charge in [0.25, 0.3) is 5.91 Å². The molecule has 0 radical (unpaired) electrons. The Morgan fingerprint density at radius 3 is 2.56 bits per heavy atom. The van der Waals surface area contributed by atoms with E-state index in [1.165, 1.54) is 16.7 Å². The summed E-state index contributed by atoms with van der Waals surface area (Å²) >= 11 is 18.9. The van der Waals surface area contributed by atoms with Gasteiger partial charge in [0, 0.05) is 11.6 Å². The number of carbonyl (C=O) groups excluding carboxylic acids is 1. The van der Waals surface area contributed by atoms with Gasteiger partial charge >= 0.3 is 0 Å². The summed E-state index contributed by atoms with van der Waals surface area (Å²) in [4.78, 5) is 14.8. The van der Waals surface area contributed by atoms with Gasteiger partial charge in [-0.15, -0.1) is 0 Å². The average Bonchev–Trinajstić information content (AvgIpc) is 3.23. The van der Waals surface area contributed by atoms with Crippen LogP contribution in [0.3, 0.4) is 0 Å². The van der Waals surface area contributed by atoms with Crippen molar-refractivity contribution in [2.75, 3.05) is 4.90 Å². The highest BCUT2D eigenvalue weighted by Gasteiger charge is 2.33. The monoisotopic (exact) mass is 431 g/mol. The predicted molar refractivity (Wildman–Crippen MR) is 116 cm³/mol. The van der Waals surface area contributed by atoms with Crippen LogP contribution in [0, 0.1) is 0 Å². The van der Waals surface area contributed by atoms with E-state index in [2.05, 4.69) is 0 Å². The molecule has 1 aliphatic rings. The lowest BCUT2D eigenvalue weighted by Gasteiger charge is -2.13. The van der Waals surface area contributed by atoms with E-state index in [9.17, 15) is 4.79 Å². The highest BCUT2D eigenvalue weighted by molar-refractivity contribution is 8.27. The zero-order valence-corrected chi connectivity index (χ0v) is 16.8. The standard InChI is InChI=1S/C20H11Cl2NO2S2/c21-15-8-4-7-14(18(15)22)16-10-9-13(25-16)11-17-19(24)23(20(26)27-17)12-5-2-1-3-6-12/h1-11H/b17-11+. The van der Waals surface area contributed by atoms with Crippen LogP contribution in [0.5, 0.6) is 0 Å². The normalized spacial score (nSPS) is 15.8. The van der Waals surface area contributed by atoms with Crippen molar-refractivity contribution in [3.8, 4) is 11.3 Å². The van der Waals surface area contributed by atoms with Crippen molar-refractivity contribution < 1.29 is 9.21 Å². The van der Waals surface area contributed by atoms with Crippen molar-refractivity contribution in [3.05, 3.63) is 81.4 Å². The van der Waals surface area contributed by atoms with E-state index >= 15 is 0 Å². The molecular formula is C20H11Cl2NO2S2. The number of thiocarbonyl (C=S) groups is 1. The molecule has 0 N–H and O–H groups in total. The number of thioether (sulfide) groups is 1. The van der Waals surface area contributed by atoms with Crippen molar-refractivity contribution in [1.29, 1.82) is 0 Å². The third-order valence-electron chi connectivity index (χ3n) is 3.93. The lowest BCUT2D eigenvalue weighted by atomic mass is 10.2. The lowest BCUT2D eigenvalue weighted by molar-refractivity contribution is -0.113. The Morgan fingerprint density at radius 1 is 1.00 bits per heavy atom. The van der Waals surface area contributed by atoms with Crippen LogP contribution in [-0.2, 0) is 4.79 Å². The summed E-state index contributed by atoms with van der Waals surface area (Å²) in [6.07, 6.45) is 1.68. The smallest absolute Gasteiger partial charge is 0.270 e. The molecule has 0 aliphatic carbocycles. The van der Waals surface area contributed by atoms with Crippen LogP contribution in [0.2, 0.25) is 10.0 Å². The molecular weight excluding hydrogens is 421 g/mol. The number of hydrogen-bond donors (Lipinski definition) is 0. The van der Waals surface area contributed by atoms with Crippen LogP contribution < -0.4 is 4.90 Å². The van der Waals surface area contributed by atoms with E-state index in [0.29, 0.717) is 36.4 Å². The van der Waals surface area contributed by atoms with Gasteiger partial charge in [-0.3, -0.25) is 9.69 Å². The zero-order chi connectivity index (χ0) is 19.0. The number of halogens is 2. The maximum atomic E-state index is 12.8. The number of hydrogen-bond acceptors (Lipinski definition) is 4. The van der Waals surface area contributed by atoms with E-state index in [0.717, 1.165) is 5.69 Å². The minimum Gasteiger partial charge on any atom is -0.457 e. The molecule has 27 heavy (non-hydrogen) atoms. The Kier molecular flexibility index (Phi) is 5.10. The van der Waals surface area contributed by atoms with Gasteiger partial charge in [-0.05, 0) is 36.4 Å². The van der Waals surface area contributed by atoms with E-state index in [1.54, 1.807) is 30.3 Å². The van der Waals surface area contributed by atoms with E-state index in [4.69, 9.17) is 39.8 Å². The van der Waals surface area contributed by atoms with Crippen LogP contribution in [0.1, 0.15) is 5.76 Å². The summed E-state index contributed by atoms with van der Waals surface area (Å²) in [5.74, 6) is 0.942. The first-order valence-corrected chi connectivity index (χ1v) is 9.90. The van der Waals surface area contributed by atoms with Crippen LogP contribution in [0.4, 0.5) is 5.69 Å². The Hall–Kier alpha value is -2.05. The Balaban J connectivity index is 1.64. The molecule has 2 aromatic carbocycles. The molecule has 3 nitrogen and oxygen atoms in total. The Bertz CT molecular complexity index is 1080. The molecule has 1 amide bonds. The zero-order valence-electron chi connectivity index (χ0n) is 13.7. The molecule has 1 saturated heterocycles. The maximum Gasteiger partial charge on any atom is 0.270 e. The summed E-state index contributed by atoms with van der Waals surface area (Å²) in [7, 11) is 0. The highest BCUT2D eigenvalue weighted by Crippen LogP contribution is 2.38. The van der Waals surface area contributed by atoms with Gasteiger partial charge in [-0.1, -0.05) is 71.4 Å². The first-order chi connectivity index (χ1) is 13.0. The first kappa shape index (κ1) is 18.3. The molecule has 0 saturated carbocycles. The van der Waals surface area contributed by atoms with Crippen LogP contribution in [-0.4, -0.2) is 10.2 Å². The molecule has 3 aromatic rings. The average molecular weight is 432 g/mol. The van der Waals surface area contributed by atoms with Crippen molar-refractivity contribution in [1.82, 2.24) is 0 Å². The molecule has 1 fully saturated rings. The molecule has 1 aromatic heterocycles. The number of rotatable bonds is 3. The number of para-hydroxylation sites is 1. The molecule has 4 rings (SSSR count). The topological polar surface area (TPSA) is 33.5 Å². The van der Waals surface area contributed by atoms with Crippen LogP contribution in [0.15, 0.2) is 70.0 Å². The van der Waals surface area contributed by atoms with Crippen molar-refractivity contribution in [2.24, 2.45) is 0 Å². The van der Waals surface area contributed by atoms with E-state index < -0.39 is 0 Å². The molecule has 0 atom stereocenters. The van der Waals surface area contributed by atoms with Gasteiger partial charge < -0.3 is 4.42 Å². The lowest BCUT2D eigenvalue weighted by Crippen LogP contribution is -2.27. The summed E-state index contributed by atoms with van der Waals surface area (Å²) in [5.41, 5.74) is 1.44. The third kappa shape index (κ3) is 3.56. The molecule has 1 aliphatic heterocycles. The SMILES string of the molecule is O=C1/C(=C\c2ccc(-c3cccc(Cl)c3Cl)o2)SC(=S)N1c1ccccc1. The van der Waals surface area contributed by atoms with Gasteiger partial charge in [0.15, 0.2) is 4.32 Å². The number of furan rings is 1. The number of nitrogens with zero attached hydrogens (tertiary/aromatic N) is 1. The van der Waals surface area contributed by atoms with E-state index in [-0.39, 0.29) is 5.91 Å². The molecule has 134 valence electrons. The summed E-state index contributed by atoms with van der Waals surface area (Å²) in [6, 6.07) is 18.2. The Labute approximate surface area is 175 Å². The number of carbonyl (C=O) groups is 1. The molecule has 7 heteroatoms. The second-order valence-electron chi connectivity index (χ2n) is 5.66. The fraction of sp³-hybridized carbons (Fsp3) is 0.